The summed E-state index contributed by atoms with van der Waals surface area (Å²) in [6, 6.07) is 3.16. The van der Waals surface area contributed by atoms with Crippen molar-refractivity contribution < 1.29 is 14.3 Å². The molecule has 0 amide bonds. The molecule has 6 nitrogen and oxygen atoms in total. The minimum Gasteiger partial charge on any atom is -0.493 e. The molecule has 0 fully saturated rings. The topological polar surface area (TPSA) is 66.2 Å². The Hall–Kier alpha value is -2.08. The first-order valence-electron chi connectivity index (χ1n) is 5.58. The zero-order valence-electron chi connectivity index (χ0n) is 10.5. The van der Waals surface area contributed by atoms with Gasteiger partial charge in [0.05, 0.1) is 19.9 Å². The summed E-state index contributed by atoms with van der Waals surface area (Å²) in [6.45, 7) is 2.04. The number of rotatable bonds is 4. The van der Waals surface area contributed by atoms with E-state index >= 15 is 0 Å². The number of halogens is 1. The molecule has 2 aromatic rings. The lowest BCUT2D eigenvalue weighted by atomic mass is 10.4. The SMILES string of the molecule is CCOC(=O)c1ccn(-c2cc(Cl)ncc2OC)n1. The number of esters is 1. The molecule has 0 radical (unpaired) electrons. The lowest BCUT2D eigenvalue weighted by Gasteiger charge is -2.07. The highest BCUT2D eigenvalue weighted by Gasteiger charge is 2.13. The van der Waals surface area contributed by atoms with E-state index < -0.39 is 5.97 Å². The van der Waals surface area contributed by atoms with Crippen molar-refractivity contribution in [2.45, 2.75) is 6.92 Å². The van der Waals surface area contributed by atoms with Gasteiger partial charge in [0.15, 0.2) is 11.4 Å². The van der Waals surface area contributed by atoms with Gasteiger partial charge < -0.3 is 9.47 Å². The molecule has 0 saturated carbocycles. The summed E-state index contributed by atoms with van der Waals surface area (Å²) in [5, 5.41) is 4.43. The predicted octanol–water partition coefficient (Wildman–Crippen LogP) is 2.11. The molecular formula is C12H12ClN3O3. The van der Waals surface area contributed by atoms with E-state index in [1.165, 1.54) is 18.0 Å². The second-order valence-corrected chi connectivity index (χ2v) is 3.93. The van der Waals surface area contributed by atoms with Gasteiger partial charge in [-0.1, -0.05) is 11.6 Å². The van der Waals surface area contributed by atoms with Crippen molar-refractivity contribution >= 4 is 17.6 Å². The number of hydrogen-bond acceptors (Lipinski definition) is 5. The lowest BCUT2D eigenvalue weighted by Crippen LogP contribution is -2.07. The first-order chi connectivity index (χ1) is 9.15. The van der Waals surface area contributed by atoms with Crippen LogP contribution in [0.2, 0.25) is 5.15 Å². The summed E-state index contributed by atoms with van der Waals surface area (Å²) in [5.74, 6) is 0.0308. The van der Waals surface area contributed by atoms with Crippen molar-refractivity contribution in [3.05, 3.63) is 35.4 Å². The summed E-state index contributed by atoms with van der Waals surface area (Å²) in [5.41, 5.74) is 0.815. The normalized spacial score (nSPS) is 10.3. The highest BCUT2D eigenvalue weighted by atomic mass is 35.5. The van der Waals surface area contributed by atoms with E-state index in [-0.39, 0.29) is 5.69 Å². The first-order valence-corrected chi connectivity index (χ1v) is 5.96. The van der Waals surface area contributed by atoms with Crippen LogP contribution in [-0.4, -0.2) is 34.5 Å². The van der Waals surface area contributed by atoms with Crippen molar-refractivity contribution in [2.75, 3.05) is 13.7 Å². The Morgan fingerprint density at radius 3 is 3.00 bits per heavy atom. The third kappa shape index (κ3) is 2.85. The Balaban J connectivity index is 2.37. The average molecular weight is 282 g/mol. The van der Waals surface area contributed by atoms with Crippen LogP contribution in [0.1, 0.15) is 17.4 Å². The molecule has 0 aromatic carbocycles. The smallest absolute Gasteiger partial charge is 0.358 e. The number of carbonyl (C=O) groups excluding carboxylic acids is 1. The maximum atomic E-state index is 11.5. The summed E-state index contributed by atoms with van der Waals surface area (Å²) < 4.78 is 11.5. The maximum absolute atomic E-state index is 11.5. The summed E-state index contributed by atoms with van der Waals surface area (Å²) in [4.78, 5) is 15.5. The fourth-order valence-corrected chi connectivity index (χ4v) is 1.67. The van der Waals surface area contributed by atoms with E-state index in [0.717, 1.165) is 0 Å². The number of pyridine rings is 1. The molecule has 2 rings (SSSR count). The largest absolute Gasteiger partial charge is 0.493 e. The summed E-state index contributed by atoms with van der Waals surface area (Å²) in [7, 11) is 1.52. The Labute approximate surface area is 114 Å². The number of methoxy groups -OCH3 is 1. The fraction of sp³-hybridized carbons (Fsp3) is 0.250. The van der Waals surface area contributed by atoms with E-state index in [0.29, 0.717) is 23.2 Å². The van der Waals surface area contributed by atoms with Crippen LogP contribution in [0, 0.1) is 0 Å². The quantitative estimate of drug-likeness (QED) is 0.634. The van der Waals surface area contributed by atoms with Crippen molar-refractivity contribution in [1.29, 1.82) is 0 Å². The van der Waals surface area contributed by atoms with Gasteiger partial charge in [-0.05, 0) is 13.0 Å². The third-order valence-corrected chi connectivity index (χ3v) is 2.56. The van der Waals surface area contributed by atoms with E-state index in [1.807, 2.05) is 0 Å². The van der Waals surface area contributed by atoms with Crippen LogP contribution < -0.4 is 4.74 Å². The average Bonchev–Trinajstić information content (AvgIpc) is 2.88. The Bertz CT molecular complexity index is 598. The highest BCUT2D eigenvalue weighted by Crippen LogP contribution is 2.23. The molecule has 7 heteroatoms. The minimum atomic E-state index is -0.472. The predicted molar refractivity (Wildman–Crippen MR) is 68.9 cm³/mol. The molecule has 0 aliphatic heterocycles. The van der Waals surface area contributed by atoms with Crippen LogP contribution in [0.5, 0.6) is 5.75 Å². The molecule has 19 heavy (non-hydrogen) atoms. The molecule has 0 aliphatic rings. The zero-order chi connectivity index (χ0) is 13.8. The van der Waals surface area contributed by atoms with Gasteiger partial charge in [-0.25, -0.2) is 14.5 Å². The Morgan fingerprint density at radius 1 is 1.53 bits per heavy atom. The number of carbonyl (C=O) groups is 1. The van der Waals surface area contributed by atoms with Gasteiger partial charge in [0, 0.05) is 12.3 Å². The number of aromatic nitrogens is 3. The van der Waals surface area contributed by atoms with E-state index in [2.05, 4.69) is 10.1 Å². The van der Waals surface area contributed by atoms with Gasteiger partial charge in [-0.15, -0.1) is 0 Å². The molecule has 0 N–H and O–H groups in total. The molecule has 0 saturated heterocycles. The number of nitrogens with zero attached hydrogens (tertiary/aromatic N) is 3. The van der Waals surface area contributed by atoms with E-state index in [1.54, 1.807) is 25.3 Å². The molecule has 0 spiro atoms. The van der Waals surface area contributed by atoms with Gasteiger partial charge >= 0.3 is 5.97 Å². The molecule has 0 unspecified atom stereocenters. The van der Waals surface area contributed by atoms with Crippen LogP contribution in [-0.2, 0) is 4.74 Å². The number of ether oxygens (including phenoxy) is 2. The monoisotopic (exact) mass is 281 g/mol. The van der Waals surface area contributed by atoms with Gasteiger partial charge in [-0.3, -0.25) is 0 Å². The van der Waals surface area contributed by atoms with Crippen LogP contribution >= 0.6 is 11.6 Å². The third-order valence-electron chi connectivity index (χ3n) is 2.35. The van der Waals surface area contributed by atoms with E-state index in [4.69, 9.17) is 21.1 Å². The molecule has 100 valence electrons. The zero-order valence-corrected chi connectivity index (χ0v) is 11.2. The molecule has 0 bridgehead atoms. The second kappa shape index (κ2) is 5.71. The van der Waals surface area contributed by atoms with Crippen molar-refractivity contribution in [1.82, 2.24) is 14.8 Å². The van der Waals surface area contributed by atoms with Crippen molar-refractivity contribution in [3.8, 4) is 11.4 Å². The summed E-state index contributed by atoms with van der Waals surface area (Å²) >= 11 is 5.84. The van der Waals surface area contributed by atoms with E-state index in [9.17, 15) is 4.79 Å². The van der Waals surface area contributed by atoms with Crippen LogP contribution in [0.3, 0.4) is 0 Å². The molecule has 0 aliphatic carbocycles. The molecule has 2 aromatic heterocycles. The molecular weight excluding hydrogens is 270 g/mol. The summed E-state index contributed by atoms with van der Waals surface area (Å²) in [6.07, 6.45) is 3.11. The van der Waals surface area contributed by atoms with Crippen LogP contribution in [0.4, 0.5) is 0 Å². The first kappa shape index (κ1) is 13.4. The fourth-order valence-electron chi connectivity index (χ4n) is 1.52. The minimum absolute atomic E-state index is 0.219. The Morgan fingerprint density at radius 2 is 2.32 bits per heavy atom. The molecule has 0 atom stereocenters. The Kier molecular flexibility index (Phi) is 4.01. The van der Waals surface area contributed by atoms with Crippen molar-refractivity contribution in [3.63, 3.8) is 0 Å². The molecule has 2 heterocycles. The second-order valence-electron chi connectivity index (χ2n) is 3.54. The van der Waals surface area contributed by atoms with Crippen LogP contribution in [0.15, 0.2) is 24.5 Å². The maximum Gasteiger partial charge on any atom is 0.358 e. The lowest BCUT2D eigenvalue weighted by molar-refractivity contribution is 0.0519. The highest BCUT2D eigenvalue weighted by molar-refractivity contribution is 6.29. The van der Waals surface area contributed by atoms with Gasteiger partial charge in [0.1, 0.15) is 10.8 Å². The number of hydrogen-bond donors (Lipinski definition) is 0. The standard InChI is InChI=1S/C12H12ClN3O3/c1-3-19-12(17)8-4-5-16(15-8)9-6-11(13)14-7-10(9)18-2/h4-7H,3H2,1-2H3. The van der Waals surface area contributed by atoms with Gasteiger partial charge in [0.2, 0.25) is 0 Å². The van der Waals surface area contributed by atoms with Crippen LogP contribution in [0.25, 0.3) is 5.69 Å². The van der Waals surface area contributed by atoms with Gasteiger partial charge in [0.25, 0.3) is 0 Å². The van der Waals surface area contributed by atoms with Crippen molar-refractivity contribution in [2.24, 2.45) is 0 Å². The van der Waals surface area contributed by atoms with Gasteiger partial charge in [-0.2, -0.15) is 5.10 Å².